The number of halogens is 4. The molecule has 0 unspecified atom stereocenters. The van der Waals surface area contributed by atoms with Gasteiger partial charge < -0.3 is 5.73 Å². The van der Waals surface area contributed by atoms with E-state index in [4.69, 9.17) is 5.73 Å². The van der Waals surface area contributed by atoms with Gasteiger partial charge in [0, 0.05) is 12.1 Å². The van der Waals surface area contributed by atoms with Gasteiger partial charge in [0.2, 0.25) is 5.95 Å². The zero-order valence-electron chi connectivity index (χ0n) is 10.8. The first-order valence-corrected chi connectivity index (χ1v) is 6.77. The van der Waals surface area contributed by atoms with E-state index in [0.717, 1.165) is 12.1 Å². The summed E-state index contributed by atoms with van der Waals surface area (Å²) in [6.07, 6.45) is 0. The van der Waals surface area contributed by atoms with E-state index in [1.165, 1.54) is 16.7 Å². The number of aromatic nitrogens is 2. The first-order valence-electron chi connectivity index (χ1n) is 5.97. The Balaban J connectivity index is 2.37. The third kappa shape index (κ3) is 2.17. The van der Waals surface area contributed by atoms with E-state index in [-0.39, 0.29) is 21.6 Å². The van der Waals surface area contributed by atoms with E-state index in [1.807, 2.05) is 0 Å². The van der Waals surface area contributed by atoms with Crippen molar-refractivity contribution >= 4 is 32.9 Å². The molecule has 0 bridgehead atoms. The Kier molecular flexibility index (Phi) is 3.16. The third-order valence-corrected chi connectivity index (χ3v) is 3.80. The normalized spacial score (nSPS) is 11.3. The summed E-state index contributed by atoms with van der Waals surface area (Å²) >= 11 is 2.91. The second kappa shape index (κ2) is 4.77. The number of nitrogens with two attached hydrogens (primary N) is 1. The van der Waals surface area contributed by atoms with Crippen LogP contribution in [0.4, 0.5) is 19.1 Å². The van der Waals surface area contributed by atoms with Crippen LogP contribution < -0.4 is 5.73 Å². The molecule has 3 rings (SSSR count). The Labute approximate surface area is 126 Å². The number of fused-ring (bicyclic) bond motifs is 1. The highest BCUT2D eigenvalue weighted by Gasteiger charge is 2.17. The molecule has 0 aliphatic heterocycles. The van der Waals surface area contributed by atoms with Crippen LogP contribution in [0.15, 0.2) is 28.7 Å². The summed E-state index contributed by atoms with van der Waals surface area (Å²) < 4.78 is 42.6. The summed E-state index contributed by atoms with van der Waals surface area (Å²) in [7, 11) is 0. The van der Waals surface area contributed by atoms with Gasteiger partial charge in [-0.25, -0.2) is 18.2 Å². The Bertz CT molecular complexity index is 874. The van der Waals surface area contributed by atoms with Gasteiger partial charge in [-0.3, -0.25) is 4.57 Å². The maximum Gasteiger partial charge on any atom is 0.206 e. The van der Waals surface area contributed by atoms with Crippen molar-refractivity contribution < 1.29 is 13.2 Å². The van der Waals surface area contributed by atoms with Crippen molar-refractivity contribution in [1.82, 2.24) is 9.55 Å². The Morgan fingerprint density at radius 1 is 1.05 bits per heavy atom. The predicted octanol–water partition coefficient (Wildman–Crippen LogP) is 4.10. The van der Waals surface area contributed by atoms with Crippen molar-refractivity contribution in [2.45, 2.75) is 6.92 Å². The number of aryl methyl sites for hydroxylation is 1. The average molecular weight is 356 g/mol. The Morgan fingerprint density at radius 3 is 2.48 bits per heavy atom. The molecule has 0 saturated heterocycles. The molecule has 108 valence electrons. The molecular weight excluding hydrogens is 347 g/mol. The van der Waals surface area contributed by atoms with Crippen LogP contribution in [0.3, 0.4) is 0 Å². The highest BCUT2D eigenvalue weighted by molar-refractivity contribution is 9.10. The minimum Gasteiger partial charge on any atom is -0.369 e. The molecule has 0 atom stereocenters. The van der Waals surface area contributed by atoms with Crippen LogP contribution in [-0.4, -0.2) is 9.55 Å². The van der Waals surface area contributed by atoms with Gasteiger partial charge in [0.1, 0.15) is 17.5 Å². The van der Waals surface area contributed by atoms with Gasteiger partial charge in [-0.2, -0.15) is 0 Å². The number of hydrogen-bond donors (Lipinski definition) is 1. The number of anilines is 1. The van der Waals surface area contributed by atoms with Crippen LogP contribution >= 0.6 is 15.9 Å². The summed E-state index contributed by atoms with van der Waals surface area (Å²) in [6, 6.07) is 4.72. The molecule has 3 nitrogen and oxygen atoms in total. The number of benzene rings is 2. The lowest BCUT2D eigenvalue weighted by Gasteiger charge is -2.09. The number of nitrogens with zero attached hydrogens (tertiary/aromatic N) is 2. The highest BCUT2D eigenvalue weighted by Crippen LogP contribution is 2.29. The standard InChI is InChI=1S/C14H9BrF3N3/c1-6-2-13-11(4-8(6)16)20-14(19)21(13)12-5-9(17)7(15)3-10(12)18/h2-5H,1H3,(H2,19,20). The van der Waals surface area contributed by atoms with Gasteiger partial charge in [-0.05, 0) is 40.5 Å². The number of hydrogen-bond acceptors (Lipinski definition) is 2. The van der Waals surface area contributed by atoms with Crippen molar-refractivity contribution in [2.75, 3.05) is 5.73 Å². The molecular formula is C14H9BrF3N3. The molecule has 3 aromatic rings. The van der Waals surface area contributed by atoms with E-state index in [9.17, 15) is 13.2 Å². The third-order valence-electron chi connectivity index (χ3n) is 3.19. The molecule has 2 aromatic carbocycles. The highest BCUT2D eigenvalue weighted by atomic mass is 79.9. The topological polar surface area (TPSA) is 43.8 Å². The first-order chi connectivity index (χ1) is 9.88. The molecule has 21 heavy (non-hydrogen) atoms. The van der Waals surface area contributed by atoms with E-state index < -0.39 is 17.5 Å². The fourth-order valence-corrected chi connectivity index (χ4v) is 2.47. The molecule has 0 spiro atoms. The van der Waals surface area contributed by atoms with Gasteiger partial charge >= 0.3 is 0 Å². The summed E-state index contributed by atoms with van der Waals surface area (Å²) in [4.78, 5) is 3.98. The predicted molar refractivity (Wildman–Crippen MR) is 77.8 cm³/mol. The second-order valence-electron chi connectivity index (χ2n) is 4.61. The molecule has 1 aromatic heterocycles. The SMILES string of the molecule is Cc1cc2c(cc1F)nc(N)n2-c1cc(F)c(Br)cc1F. The zero-order valence-corrected chi connectivity index (χ0v) is 12.4. The fourth-order valence-electron chi connectivity index (χ4n) is 2.16. The van der Waals surface area contributed by atoms with Gasteiger partial charge in [0.05, 0.1) is 21.2 Å². The largest absolute Gasteiger partial charge is 0.369 e. The molecule has 0 amide bonds. The molecule has 7 heteroatoms. The monoisotopic (exact) mass is 355 g/mol. The van der Waals surface area contributed by atoms with Crippen molar-refractivity contribution in [3.63, 3.8) is 0 Å². The Hall–Kier alpha value is -2.02. The van der Waals surface area contributed by atoms with Gasteiger partial charge in [0.15, 0.2) is 0 Å². The van der Waals surface area contributed by atoms with Crippen LogP contribution in [0, 0.1) is 24.4 Å². The quantitative estimate of drug-likeness (QED) is 0.668. The van der Waals surface area contributed by atoms with Gasteiger partial charge in [-0.1, -0.05) is 0 Å². The maximum atomic E-state index is 14.1. The molecule has 0 saturated carbocycles. The summed E-state index contributed by atoms with van der Waals surface area (Å²) in [5.41, 5.74) is 6.74. The summed E-state index contributed by atoms with van der Waals surface area (Å²) in [5.74, 6) is -1.78. The minimum absolute atomic E-state index is 0.00830. The van der Waals surface area contributed by atoms with Crippen LogP contribution in [0.2, 0.25) is 0 Å². The number of imidazole rings is 1. The van der Waals surface area contributed by atoms with E-state index in [1.54, 1.807) is 6.92 Å². The van der Waals surface area contributed by atoms with Crippen LogP contribution in [0.1, 0.15) is 5.56 Å². The molecule has 0 aliphatic rings. The van der Waals surface area contributed by atoms with E-state index >= 15 is 0 Å². The fraction of sp³-hybridized carbons (Fsp3) is 0.0714. The van der Waals surface area contributed by atoms with E-state index in [0.29, 0.717) is 11.1 Å². The Morgan fingerprint density at radius 2 is 1.76 bits per heavy atom. The van der Waals surface area contributed by atoms with Crippen LogP contribution in [0.25, 0.3) is 16.7 Å². The van der Waals surface area contributed by atoms with Crippen molar-refractivity contribution in [3.05, 3.63) is 51.8 Å². The first kappa shape index (κ1) is 13.9. The summed E-state index contributed by atoms with van der Waals surface area (Å²) in [6.45, 7) is 1.57. The van der Waals surface area contributed by atoms with Gasteiger partial charge in [-0.15, -0.1) is 0 Å². The minimum atomic E-state index is -0.670. The van der Waals surface area contributed by atoms with Gasteiger partial charge in [0.25, 0.3) is 0 Å². The maximum absolute atomic E-state index is 14.1. The second-order valence-corrected chi connectivity index (χ2v) is 5.47. The van der Waals surface area contributed by atoms with Crippen molar-refractivity contribution in [2.24, 2.45) is 0 Å². The lowest BCUT2D eigenvalue weighted by molar-refractivity contribution is 0.588. The lowest BCUT2D eigenvalue weighted by atomic mass is 10.2. The number of nitrogen functional groups attached to an aromatic ring is 1. The van der Waals surface area contributed by atoms with E-state index in [2.05, 4.69) is 20.9 Å². The number of rotatable bonds is 1. The van der Waals surface area contributed by atoms with Crippen LogP contribution in [-0.2, 0) is 0 Å². The van der Waals surface area contributed by atoms with Crippen LogP contribution in [0.5, 0.6) is 0 Å². The average Bonchev–Trinajstić information content (AvgIpc) is 2.70. The lowest BCUT2D eigenvalue weighted by Crippen LogP contribution is -2.04. The molecule has 2 N–H and O–H groups in total. The molecule has 0 fully saturated rings. The zero-order chi connectivity index (χ0) is 15.3. The van der Waals surface area contributed by atoms with Crippen molar-refractivity contribution in [3.8, 4) is 5.69 Å². The smallest absolute Gasteiger partial charge is 0.206 e. The molecule has 1 heterocycles. The molecule has 0 radical (unpaired) electrons. The molecule has 0 aliphatic carbocycles. The summed E-state index contributed by atoms with van der Waals surface area (Å²) in [5, 5.41) is 0. The van der Waals surface area contributed by atoms with Crippen molar-refractivity contribution in [1.29, 1.82) is 0 Å².